The van der Waals surface area contributed by atoms with Crippen molar-refractivity contribution in [2.24, 2.45) is 5.73 Å². The first kappa shape index (κ1) is 14.2. The van der Waals surface area contributed by atoms with Gasteiger partial charge in [-0.05, 0) is 26.2 Å². The van der Waals surface area contributed by atoms with Gasteiger partial charge in [0.05, 0.1) is 17.6 Å². The van der Waals surface area contributed by atoms with Crippen LogP contribution < -0.4 is 11.1 Å². The molecule has 1 aromatic heterocycles. The zero-order valence-corrected chi connectivity index (χ0v) is 12.3. The van der Waals surface area contributed by atoms with Crippen LogP contribution in [0.2, 0.25) is 0 Å². The summed E-state index contributed by atoms with van der Waals surface area (Å²) in [6.07, 6.45) is 1.78. The van der Waals surface area contributed by atoms with E-state index in [1.807, 2.05) is 12.1 Å². The average Bonchev–Trinajstić information content (AvgIpc) is 2.40. The molecular formula is C13H21N5S. The molecule has 0 amide bonds. The lowest BCUT2D eigenvalue weighted by Gasteiger charge is -2.37. The summed E-state index contributed by atoms with van der Waals surface area (Å²) in [4.78, 5) is 9.31. The summed E-state index contributed by atoms with van der Waals surface area (Å²) in [7, 11) is 4.34. The van der Waals surface area contributed by atoms with Gasteiger partial charge in [0, 0.05) is 32.2 Å². The molecule has 3 N–H and O–H groups in total. The van der Waals surface area contributed by atoms with Crippen molar-refractivity contribution in [3.05, 3.63) is 24.0 Å². The van der Waals surface area contributed by atoms with E-state index in [1.54, 1.807) is 6.20 Å². The molecule has 0 aromatic carbocycles. The Balaban J connectivity index is 1.89. The molecule has 6 heteroatoms. The molecule has 1 fully saturated rings. The number of nitrogens with zero attached hydrogens (tertiary/aromatic N) is 3. The highest BCUT2D eigenvalue weighted by Crippen LogP contribution is 2.10. The highest BCUT2D eigenvalue weighted by Gasteiger charge is 2.21. The number of rotatable bonds is 4. The minimum absolute atomic E-state index is 0.334. The van der Waals surface area contributed by atoms with Gasteiger partial charge in [-0.2, -0.15) is 0 Å². The molecule has 1 saturated heterocycles. The van der Waals surface area contributed by atoms with E-state index in [9.17, 15) is 0 Å². The van der Waals surface area contributed by atoms with E-state index >= 15 is 0 Å². The molecule has 1 aliphatic heterocycles. The van der Waals surface area contributed by atoms with Gasteiger partial charge in [0.25, 0.3) is 0 Å². The third kappa shape index (κ3) is 3.86. The van der Waals surface area contributed by atoms with Gasteiger partial charge >= 0.3 is 0 Å². The van der Waals surface area contributed by atoms with Gasteiger partial charge in [-0.1, -0.05) is 12.2 Å². The second kappa shape index (κ2) is 6.27. The van der Waals surface area contributed by atoms with E-state index in [4.69, 9.17) is 18.0 Å². The summed E-state index contributed by atoms with van der Waals surface area (Å²) in [6, 6.07) is 4.34. The van der Waals surface area contributed by atoms with E-state index < -0.39 is 0 Å². The maximum atomic E-state index is 5.52. The number of hydrogen-bond donors (Lipinski definition) is 2. The summed E-state index contributed by atoms with van der Waals surface area (Å²) in [5.41, 5.74) is 7.19. The molecule has 2 heterocycles. The first-order chi connectivity index (χ1) is 9.06. The molecule has 2 rings (SSSR count). The summed E-state index contributed by atoms with van der Waals surface area (Å²) >= 11 is 4.88. The second-order valence-electron chi connectivity index (χ2n) is 5.07. The summed E-state index contributed by atoms with van der Waals surface area (Å²) < 4.78 is 0. The van der Waals surface area contributed by atoms with Gasteiger partial charge in [0.15, 0.2) is 0 Å². The number of nitrogens with one attached hydrogen (secondary N) is 1. The lowest BCUT2D eigenvalue weighted by molar-refractivity contribution is 0.122. The second-order valence-corrected chi connectivity index (χ2v) is 5.51. The average molecular weight is 279 g/mol. The zero-order chi connectivity index (χ0) is 13.8. The van der Waals surface area contributed by atoms with Gasteiger partial charge in [-0.25, -0.2) is 0 Å². The van der Waals surface area contributed by atoms with Crippen LogP contribution in [-0.2, 0) is 0 Å². The monoisotopic (exact) mass is 279 g/mol. The fourth-order valence-corrected chi connectivity index (χ4v) is 2.32. The Morgan fingerprint density at radius 1 is 1.47 bits per heavy atom. The molecule has 104 valence electrons. The minimum atomic E-state index is 0.334. The lowest BCUT2D eigenvalue weighted by Crippen LogP contribution is -2.52. The normalized spacial score (nSPS) is 21.3. The van der Waals surface area contributed by atoms with Gasteiger partial charge in [0.1, 0.15) is 4.99 Å². The Morgan fingerprint density at radius 3 is 2.89 bits per heavy atom. The van der Waals surface area contributed by atoms with Crippen molar-refractivity contribution in [2.45, 2.75) is 6.04 Å². The van der Waals surface area contributed by atoms with Gasteiger partial charge in [-0.3, -0.25) is 9.88 Å². The topological polar surface area (TPSA) is 57.4 Å². The van der Waals surface area contributed by atoms with Crippen molar-refractivity contribution in [1.29, 1.82) is 0 Å². The van der Waals surface area contributed by atoms with Crippen LogP contribution in [0.25, 0.3) is 0 Å². The molecule has 0 saturated carbocycles. The standard InChI is InChI=1S/C13H21N5S/c1-17-5-6-18(2)11(9-17)8-15-10-3-4-12(13(14)19)16-7-10/h3-4,7,11,15H,5-6,8-9H2,1-2H3,(H2,14,19). The van der Waals surface area contributed by atoms with Crippen LogP contribution >= 0.6 is 12.2 Å². The van der Waals surface area contributed by atoms with Crippen LogP contribution in [-0.4, -0.2) is 66.1 Å². The smallest absolute Gasteiger partial charge is 0.122 e. The van der Waals surface area contributed by atoms with Crippen molar-refractivity contribution < 1.29 is 0 Å². The Morgan fingerprint density at radius 2 is 2.26 bits per heavy atom. The van der Waals surface area contributed by atoms with Crippen molar-refractivity contribution in [2.75, 3.05) is 45.6 Å². The van der Waals surface area contributed by atoms with Crippen LogP contribution in [0, 0.1) is 0 Å². The first-order valence-corrected chi connectivity index (χ1v) is 6.85. The number of anilines is 1. The lowest BCUT2D eigenvalue weighted by atomic mass is 10.2. The Kier molecular flexibility index (Phi) is 4.68. The number of thiocarbonyl (C=S) groups is 1. The molecule has 0 spiro atoms. The molecule has 1 aliphatic rings. The minimum Gasteiger partial charge on any atom is -0.388 e. The summed E-state index contributed by atoms with van der Waals surface area (Å²) in [5, 5.41) is 3.42. The third-order valence-electron chi connectivity index (χ3n) is 3.54. The van der Waals surface area contributed by atoms with Crippen molar-refractivity contribution in [3.63, 3.8) is 0 Å². The number of likely N-dealkylation sites (N-methyl/N-ethyl adjacent to an activating group) is 2. The largest absolute Gasteiger partial charge is 0.388 e. The van der Waals surface area contributed by atoms with Gasteiger partial charge < -0.3 is 16.0 Å². The van der Waals surface area contributed by atoms with Crippen molar-refractivity contribution >= 4 is 22.9 Å². The number of pyridine rings is 1. The fraction of sp³-hybridized carbons (Fsp3) is 0.538. The molecule has 1 aromatic rings. The molecule has 0 radical (unpaired) electrons. The fourth-order valence-electron chi connectivity index (χ4n) is 2.20. The van der Waals surface area contributed by atoms with E-state index in [0.29, 0.717) is 16.7 Å². The highest BCUT2D eigenvalue weighted by molar-refractivity contribution is 7.80. The van der Waals surface area contributed by atoms with Crippen molar-refractivity contribution in [1.82, 2.24) is 14.8 Å². The molecule has 1 unspecified atom stereocenters. The third-order valence-corrected chi connectivity index (χ3v) is 3.75. The van der Waals surface area contributed by atoms with Crippen molar-refractivity contribution in [3.8, 4) is 0 Å². The predicted octanol–water partition coefficient (Wildman–Crippen LogP) is 0.374. The molecule has 1 atom stereocenters. The van der Waals surface area contributed by atoms with Gasteiger partial charge in [0.2, 0.25) is 0 Å². The summed E-state index contributed by atoms with van der Waals surface area (Å²) in [6.45, 7) is 4.25. The number of hydrogen-bond acceptors (Lipinski definition) is 5. The van der Waals surface area contributed by atoms with Gasteiger partial charge in [-0.15, -0.1) is 0 Å². The number of aromatic nitrogens is 1. The van der Waals surface area contributed by atoms with Crippen LogP contribution in [0.4, 0.5) is 5.69 Å². The highest BCUT2D eigenvalue weighted by atomic mass is 32.1. The number of nitrogens with two attached hydrogens (primary N) is 1. The molecular weight excluding hydrogens is 258 g/mol. The van der Waals surface area contributed by atoms with Crippen LogP contribution in [0.5, 0.6) is 0 Å². The molecule has 19 heavy (non-hydrogen) atoms. The quantitative estimate of drug-likeness (QED) is 0.777. The maximum absolute atomic E-state index is 5.52. The molecule has 0 bridgehead atoms. The maximum Gasteiger partial charge on any atom is 0.122 e. The Labute approximate surface area is 119 Å². The Bertz CT molecular complexity index is 433. The van der Waals surface area contributed by atoms with E-state index in [0.717, 1.165) is 31.9 Å². The van der Waals surface area contributed by atoms with E-state index in [2.05, 4.69) is 34.2 Å². The molecule has 5 nitrogen and oxygen atoms in total. The predicted molar refractivity (Wildman–Crippen MR) is 82.5 cm³/mol. The molecule has 0 aliphatic carbocycles. The van der Waals surface area contributed by atoms with Crippen LogP contribution in [0.1, 0.15) is 5.69 Å². The zero-order valence-electron chi connectivity index (χ0n) is 11.5. The van der Waals surface area contributed by atoms with E-state index in [1.165, 1.54) is 0 Å². The van der Waals surface area contributed by atoms with Crippen LogP contribution in [0.15, 0.2) is 18.3 Å². The number of piperazine rings is 1. The van der Waals surface area contributed by atoms with Crippen LogP contribution in [0.3, 0.4) is 0 Å². The van der Waals surface area contributed by atoms with E-state index in [-0.39, 0.29) is 0 Å². The Hall–Kier alpha value is -1.24. The first-order valence-electron chi connectivity index (χ1n) is 6.45. The summed E-state index contributed by atoms with van der Waals surface area (Å²) in [5.74, 6) is 0. The SMILES string of the molecule is CN1CCN(C)C(CNc2ccc(C(N)=S)nc2)C1.